The number of hydrogen-bond donors (Lipinski definition) is 1. The molecule has 5 heteroatoms. The fourth-order valence-corrected chi connectivity index (χ4v) is 2.43. The Labute approximate surface area is 142 Å². The fourth-order valence-electron chi connectivity index (χ4n) is 2.23. The summed E-state index contributed by atoms with van der Waals surface area (Å²) in [7, 11) is 5.57. The molecule has 4 nitrogen and oxygen atoms in total. The predicted molar refractivity (Wildman–Crippen MR) is 94.3 cm³/mol. The number of anilines is 1. The van der Waals surface area contributed by atoms with Crippen LogP contribution in [0.1, 0.15) is 11.1 Å². The minimum absolute atomic E-state index is 0.0674. The highest BCUT2D eigenvalue weighted by atomic mass is 35.5. The van der Waals surface area contributed by atoms with Gasteiger partial charge in [0.25, 0.3) is 0 Å². The van der Waals surface area contributed by atoms with Crippen LogP contribution in [0.2, 0.25) is 5.02 Å². The average molecular weight is 333 g/mol. The summed E-state index contributed by atoms with van der Waals surface area (Å²) < 4.78 is 5.26. The highest BCUT2D eigenvalue weighted by Crippen LogP contribution is 2.23. The van der Waals surface area contributed by atoms with Gasteiger partial charge >= 0.3 is 0 Å². The first kappa shape index (κ1) is 17.2. The van der Waals surface area contributed by atoms with Crippen LogP contribution in [-0.4, -0.2) is 27.1 Å². The van der Waals surface area contributed by atoms with Gasteiger partial charge in [0.05, 0.1) is 13.5 Å². The Balaban J connectivity index is 1.94. The van der Waals surface area contributed by atoms with E-state index >= 15 is 0 Å². The van der Waals surface area contributed by atoms with E-state index in [1.54, 1.807) is 25.3 Å². The standard InChI is InChI=1S/C18H21ClN2O2/c1-21(2)16-7-4-13(5-8-16)12-20-18(22)11-14-10-15(19)6-9-17(14)23-3/h4-10H,11-12H2,1-3H3,(H,20,22). The Morgan fingerprint density at radius 1 is 1.17 bits per heavy atom. The zero-order chi connectivity index (χ0) is 16.8. The van der Waals surface area contributed by atoms with Crippen molar-refractivity contribution >= 4 is 23.2 Å². The second kappa shape index (κ2) is 7.88. The van der Waals surface area contributed by atoms with Crippen molar-refractivity contribution in [1.29, 1.82) is 0 Å². The lowest BCUT2D eigenvalue weighted by Gasteiger charge is -2.13. The first-order chi connectivity index (χ1) is 11.0. The third-order valence-corrected chi connectivity index (χ3v) is 3.77. The van der Waals surface area contributed by atoms with Crippen LogP contribution in [0.15, 0.2) is 42.5 Å². The van der Waals surface area contributed by atoms with Gasteiger partial charge in [0.1, 0.15) is 5.75 Å². The Hall–Kier alpha value is -2.20. The lowest BCUT2D eigenvalue weighted by atomic mass is 10.1. The third-order valence-electron chi connectivity index (χ3n) is 3.54. The molecule has 0 heterocycles. The monoisotopic (exact) mass is 332 g/mol. The van der Waals surface area contributed by atoms with Crippen molar-refractivity contribution in [1.82, 2.24) is 5.32 Å². The largest absolute Gasteiger partial charge is 0.496 e. The van der Waals surface area contributed by atoms with Crippen LogP contribution in [-0.2, 0) is 17.8 Å². The minimum Gasteiger partial charge on any atom is -0.496 e. The van der Waals surface area contributed by atoms with E-state index in [1.165, 1.54) is 0 Å². The molecule has 0 aliphatic carbocycles. The van der Waals surface area contributed by atoms with Crippen LogP contribution >= 0.6 is 11.6 Å². The van der Waals surface area contributed by atoms with Gasteiger partial charge in [0.2, 0.25) is 5.91 Å². The van der Waals surface area contributed by atoms with Crippen molar-refractivity contribution in [2.45, 2.75) is 13.0 Å². The highest BCUT2D eigenvalue weighted by Gasteiger charge is 2.09. The molecule has 0 aliphatic heterocycles. The van der Waals surface area contributed by atoms with E-state index in [0.717, 1.165) is 16.8 Å². The number of halogens is 1. The smallest absolute Gasteiger partial charge is 0.224 e. The number of benzene rings is 2. The Morgan fingerprint density at radius 2 is 1.87 bits per heavy atom. The van der Waals surface area contributed by atoms with Crippen molar-refractivity contribution in [2.24, 2.45) is 0 Å². The molecule has 0 unspecified atom stereocenters. The Kier molecular flexibility index (Phi) is 5.88. The minimum atomic E-state index is -0.0674. The molecule has 0 radical (unpaired) electrons. The molecule has 2 rings (SSSR count). The number of ether oxygens (including phenoxy) is 1. The molecule has 0 fully saturated rings. The van der Waals surface area contributed by atoms with Gasteiger partial charge in [-0.2, -0.15) is 0 Å². The van der Waals surface area contributed by atoms with Crippen LogP contribution in [0.25, 0.3) is 0 Å². The maximum absolute atomic E-state index is 12.1. The number of carbonyl (C=O) groups is 1. The normalized spacial score (nSPS) is 10.3. The average Bonchev–Trinajstić information content (AvgIpc) is 2.53. The molecule has 0 saturated carbocycles. The van der Waals surface area contributed by atoms with Crippen LogP contribution < -0.4 is 15.0 Å². The molecule has 0 aliphatic rings. The fraction of sp³-hybridized carbons (Fsp3) is 0.278. The maximum atomic E-state index is 12.1. The number of nitrogens with zero attached hydrogens (tertiary/aromatic N) is 1. The van der Waals surface area contributed by atoms with Gasteiger partial charge in [0, 0.05) is 36.9 Å². The lowest BCUT2D eigenvalue weighted by molar-refractivity contribution is -0.120. The summed E-state index contributed by atoms with van der Waals surface area (Å²) in [4.78, 5) is 14.2. The molecule has 1 N–H and O–H groups in total. The Morgan fingerprint density at radius 3 is 2.48 bits per heavy atom. The summed E-state index contributed by atoms with van der Waals surface area (Å²) >= 11 is 5.98. The summed E-state index contributed by atoms with van der Waals surface area (Å²) in [6, 6.07) is 13.3. The van der Waals surface area contributed by atoms with E-state index < -0.39 is 0 Å². The van der Waals surface area contributed by atoms with E-state index in [9.17, 15) is 4.79 Å². The first-order valence-corrected chi connectivity index (χ1v) is 7.73. The van der Waals surface area contributed by atoms with Crippen LogP contribution in [0, 0.1) is 0 Å². The second-order valence-electron chi connectivity index (χ2n) is 5.47. The van der Waals surface area contributed by atoms with Gasteiger partial charge in [-0.1, -0.05) is 23.7 Å². The topological polar surface area (TPSA) is 41.6 Å². The molecule has 23 heavy (non-hydrogen) atoms. The Bertz CT molecular complexity index is 669. The maximum Gasteiger partial charge on any atom is 0.224 e. The molecule has 2 aromatic carbocycles. The van der Waals surface area contributed by atoms with E-state index in [2.05, 4.69) is 5.32 Å². The van der Waals surface area contributed by atoms with Crippen LogP contribution in [0.3, 0.4) is 0 Å². The molecular formula is C18H21ClN2O2. The van der Waals surface area contributed by atoms with Crippen LogP contribution in [0.5, 0.6) is 5.75 Å². The third kappa shape index (κ3) is 4.89. The van der Waals surface area contributed by atoms with Crippen molar-refractivity contribution in [3.63, 3.8) is 0 Å². The number of methoxy groups -OCH3 is 1. The van der Waals surface area contributed by atoms with Gasteiger partial charge in [0.15, 0.2) is 0 Å². The zero-order valence-corrected chi connectivity index (χ0v) is 14.4. The number of hydrogen-bond acceptors (Lipinski definition) is 3. The van der Waals surface area contributed by atoms with Gasteiger partial charge in [-0.25, -0.2) is 0 Å². The number of rotatable bonds is 6. The van der Waals surface area contributed by atoms with Gasteiger partial charge in [-0.05, 0) is 35.9 Å². The molecule has 0 bridgehead atoms. The van der Waals surface area contributed by atoms with Crippen molar-refractivity contribution in [3.05, 3.63) is 58.6 Å². The summed E-state index contributed by atoms with van der Waals surface area (Å²) in [5.41, 5.74) is 2.96. The second-order valence-corrected chi connectivity index (χ2v) is 5.91. The number of nitrogens with one attached hydrogen (secondary N) is 1. The quantitative estimate of drug-likeness (QED) is 0.882. The summed E-state index contributed by atoms with van der Waals surface area (Å²) in [6.45, 7) is 0.495. The van der Waals surface area contributed by atoms with Crippen molar-refractivity contribution < 1.29 is 9.53 Å². The number of amides is 1. The van der Waals surface area contributed by atoms with Crippen molar-refractivity contribution in [2.75, 3.05) is 26.1 Å². The summed E-state index contributed by atoms with van der Waals surface area (Å²) in [5, 5.41) is 3.51. The molecule has 122 valence electrons. The highest BCUT2D eigenvalue weighted by molar-refractivity contribution is 6.30. The molecule has 1 amide bonds. The van der Waals surface area contributed by atoms with Crippen molar-refractivity contribution in [3.8, 4) is 5.75 Å². The summed E-state index contributed by atoms with van der Waals surface area (Å²) in [5.74, 6) is 0.599. The van der Waals surface area contributed by atoms with Gasteiger partial charge in [-0.3, -0.25) is 4.79 Å². The van der Waals surface area contributed by atoms with E-state index in [-0.39, 0.29) is 12.3 Å². The number of carbonyl (C=O) groups excluding carboxylic acids is 1. The van der Waals surface area contributed by atoms with Gasteiger partial charge < -0.3 is 15.0 Å². The SMILES string of the molecule is COc1ccc(Cl)cc1CC(=O)NCc1ccc(N(C)C)cc1. The van der Waals surface area contributed by atoms with Crippen LogP contribution in [0.4, 0.5) is 5.69 Å². The lowest BCUT2D eigenvalue weighted by Crippen LogP contribution is -2.24. The summed E-state index contributed by atoms with van der Waals surface area (Å²) in [6.07, 6.45) is 0.236. The molecule has 0 aromatic heterocycles. The molecular weight excluding hydrogens is 312 g/mol. The molecule has 0 spiro atoms. The van der Waals surface area contributed by atoms with E-state index in [1.807, 2.05) is 43.3 Å². The molecule has 2 aromatic rings. The predicted octanol–water partition coefficient (Wildman–Crippen LogP) is 3.27. The van der Waals surface area contributed by atoms with Gasteiger partial charge in [-0.15, -0.1) is 0 Å². The van der Waals surface area contributed by atoms with E-state index in [4.69, 9.17) is 16.3 Å². The molecule has 0 atom stereocenters. The zero-order valence-electron chi connectivity index (χ0n) is 13.6. The van der Waals surface area contributed by atoms with E-state index in [0.29, 0.717) is 17.3 Å². The molecule has 0 saturated heterocycles. The first-order valence-electron chi connectivity index (χ1n) is 7.35.